The summed E-state index contributed by atoms with van der Waals surface area (Å²) in [4.78, 5) is 0. The smallest absolute Gasteiger partial charge is 0.0842 e. The Labute approximate surface area is 128 Å². The van der Waals surface area contributed by atoms with E-state index in [4.69, 9.17) is 0 Å². The molecule has 116 valence electrons. The molecule has 0 fully saturated rings. The lowest BCUT2D eigenvalue weighted by molar-refractivity contribution is 0.538. The average molecular weight is 302 g/mol. The quantitative estimate of drug-likeness (QED) is 0.337. The Hall–Kier alpha value is 0.394. The molecule has 1 nitrogen and oxygen atoms in total. The molecule has 0 aliphatic rings. The molecule has 0 aromatic heterocycles. The maximum Gasteiger partial charge on any atom is 0.0842 e. The number of hydrogen-bond donors (Lipinski definition) is 1. The van der Waals surface area contributed by atoms with Crippen molar-refractivity contribution in [2.75, 3.05) is 0 Å². The zero-order valence-electron chi connectivity index (χ0n) is 13.8. The van der Waals surface area contributed by atoms with Crippen LogP contribution in [0.1, 0.15) is 96.8 Å². The summed E-state index contributed by atoms with van der Waals surface area (Å²) in [6.07, 6.45) is 20.7. The SMILES string of the molecule is CCCCCCCCCCCCCCCC[SiH2]N[SiH3]. The fourth-order valence-electron chi connectivity index (χ4n) is 2.67. The van der Waals surface area contributed by atoms with Crippen molar-refractivity contribution >= 4 is 20.1 Å². The second-order valence-electron chi connectivity index (χ2n) is 6.05. The van der Waals surface area contributed by atoms with E-state index in [1.807, 2.05) is 0 Å². The molecule has 0 atom stereocenters. The summed E-state index contributed by atoms with van der Waals surface area (Å²) < 4.78 is 3.49. The minimum atomic E-state index is 0.172. The Morgan fingerprint density at radius 3 is 1.37 bits per heavy atom. The van der Waals surface area contributed by atoms with Gasteiger partial charge in [-0.2, -0.15) is 0 Å². The molecule has 3 heteroatoms. The van der Waals surface area contributed by atoms with Gasteiger partial charge in [0.1, 0.15) is 0 Å². The van der Waals surface area contributed by atoms with Gasteiger partial charge >= 0.3 is 0 Å². The van der Waals surface area contributed by atoms with Crippen LogP contribution in [0.5, 0.6) is 0 Å². The maximum absolute atomic E-state index is 3.49. The summed E-state index contributed by atoms with van der Waals surface area (Å²) in [7, 11) is 1.39. The van der Waals surface area contributed by atoms with Crippen molar-refractivity contribution in [3.05, 3.63) is 0 Å². The van der Waals surface area contributed by atoms with Crippen LogP contribution in [0.25, 0.3) is 0 Å². The molecule has 0 saturated heterocycles. The van der Waals surface area contributed by atoms with Gasteiger partial charge in [-0.15, -0.1) is 0 Å². The average Bonchev–Trinajstić information content (AvgIpc) is 2.43. The van der Waals surface area contributed by atoms with Crippen molar-refractivity contribution in [2.24, 2.45) is 0 Å². The van der Waals surface area contributed by atoms with E-state index in [-0.39, 0.29) is 9.68 Å². The molecule has 19 heavy (non-hydrogen) atoms. The van der Waals surface area contributed by atoms with Crippen molar-refractivity contribution in [3.63, 3.8) is 0 Å². The number of hydrogen-bond acceptors (Lipinski definition) is 1. The predicted molar refractivity (Wildman–Crippen MR) is 96.7 cm³/mol. The molecule has 0 saturated carbocycles. The highest BCUT2D eigenvalue weighted by molar-refractivity contribution is 6.41. The van der Waals surface area contributed by atoms with Gasteiger partial charge in [0.15, 0.2) is 0 Å². The highest BCUT2D eigenvalue weighted by atomic mass is 28.3. The lowest BCUT2D eigenvalue weighted by Crippen LogP contribution is -2.13. The van der Waals surface area contributed by atoms with Crippen LogP contribution in [0.4, 0.5) is 0 Å². The number of nitrogens with one attached hydrogen (secondary N) is 1. The van der Waals surface area contributed by atoms with Gasteiger partial charge in [0, 0.05) is 0 Å². The first-order valence-electron chi connectivity index (χ1n) is 9.06. The molecule has 0 heterocycles. The van der Waals surface area contributed by atoms with Gasteiger partial charge < -0.3 is 4.65 Å². The molecular weight excluding hydrogens is 262 g/mol. The van der Waals surface area contributed by atoms with E-state index in [1.165, 1.54) is 106 Å². The monoisotopic (exact) mass is 301 g/mol. The molecule has 0 unspecified atom stereocenters. The van der Waals surface area contributed by atoms with Gasteiger partial charge in [-0.3, -0.25) is 0 Å². The van der Waals surface area contributed by atoms with E-state index in [2.05, 4.69) is 11.6 Å². The van der Waals surface area contributed by atoms with Crippen LogP contribution in [0.15, 0.2) is 0 Å². The molecule has 0 amide bonds. The highest BCUT2D eigenvalue weighted by Gasteiger charge is 1.94. The van der Waals surface area contributed by atoms with Crippen molar-refractivity contribution in [3.8, 4) is 0 Å². The summed E-state index contributed by atoms with van der Waals surface area (Å²) >= 11 is 0. The Kier molecular flexibility index (Phi) is 18.8. The minimum absolute atomic E-state index is 0.172. The zero-order chi connectivity index (χ0) is 14.0. The number of rotatable bonds is 16. The van der Waals surface area contributed by atoms with Crippen molar-refractivity contribution in [1.82, 2.24) is 4.65 Å². The molecule has 1 N–H and O–H groups in total. The third-order valence-electron chi connectivity index (χ3n) is 4.03. The predicted octanol–water partition coefficient (Wildman–Crippen LogP) is 3.84. The van der Waals surface area contributed by atoms with Crippen LogP contribution in [0.3, 0.4) is 0 Å². The van der Waals surface area contributed by atoms with Gasteiger partial charge in [0.05, 0.1) is 20.1 Å². The second kappa shape index (κ2) is 18.4. The van der Waals surface area contributed by atoms with Crippen molar-refractivity contribution in [2.45, 2.75) is 103 Å². The highest BCUT2D eigenvalue weighted by Crippen LogP contribution is 2.13. The fourth-order valence-corrected chi connectivity index (χ4v) is 4.69. The number of unbranched alkanes of at least 4 members (excludes halogenated alkanes) is 13. The summed E-state index contributed by atoms with van der Waals surface area (Å²) in [5, 5.41) is 0. The largest absolute Gasteiger partial charge is 0.372 e. The molecule has 0 spiro atoms. The standard InChI is InChI=1S/C16H39NSi2/c1-2-3-4-5-6-7-8-9-10-11-12-13-14-15-16-19-17-18/h17H,2-16,19H2,1,18H3. The normalized spacial score (nSPS) is 11.8. The molecule has 0 aliphatic carbocycles. The zero-order valence-corrected chi connectivity index (χ0v) is 17.2. The van der Waals surface area contributed by atoms with E-state index < -0.39 is 0 Å². The van der Waals surface area contributed by atoms with E-state index >= 15 is 0 Å². The van der Waals surface area contributed by atoms with Gasteiger partial charge in [-0.05, 0) is 0 Å². The Morgan fingerprint density at radius 1 is 0.632 bits per heavy atom. The maximum atomic E-state index is 3.49. The van der Waals surface area contributed by atoms with Gasteiger partial charge in [-0.1, -0.05) is 103 Å². The van der Waals surface area contributed by atoms with E-state index in [0.717, 1.165) is 0 Å². The van der Waals surface area contributed by atoms with Crippen LogP contribution in [0, 0.1) is 0 Å². The van der Waals surface area contributed by atoms with Crippen LogP contribution in [-0.4, -0.2) is 20.1 Å². The van der Waals surface area contributed by atoms with Gasteiger partial charge in [0.25, 0.3) is 0 Å². The Morgan fingerprint density at radius 2 is 1.00 bits per heavy atom. The van der Waals surface area contributed by atoms with Gasteiger partial charge in [0.2, 0.25) is 0 Å². The Balaban J connectivity index is 2.88. The van der Waals surface area contributed by atoms with E-state index in [9.17, 15) is 0 Å². The van der Waals surface area contributed by atoms with Crippen LogP contribution < -0.4 is 4.65 Å². The molecule has 0 aromatic carbocycles. The molecule has 0 aliphatic heterocycles. The molecular formula is C16H39NSi2. The lowest BCUT2D eigenvalue weighted by Gasteiger charge is -2.03. The molecule has 0 bridgehead atoms. The van der Waals surface area contributed by atoms with Crippen LogP contribution in [0.2, 0.25) is 6.04 Å². The molecule has 0 rings (SSSR count). The fraction of sp³-hybridized carbons (Fsp3) is 1.00. The first-order chi connectivity index (χ1) is 9.41. The van der Waals surface area contributed by atoms with Crippen LogP contribution >= 0.6 is 0 Å². The summed E-state index contributed by atoms with van der Waals surface area (Å²) in [6, 6.07) is 1.53. The minimum Gasteiger partial charge on any atom is -0.372 e. The van der Waals surface area contributed by atoms with Crippen molar-refractivity contribution < 1.29 is 0 Å². The van der Waals surface area contributed by atoms with Crippen molar-refractivity contribution in [1.29, 1.82) is 0 Å². The first kappa shape index (κ1) is 19.4. The summed E-state index contributed by atoms with van der Waals surface area (Å²) in [6.45, 7) is 2.30. The topological polar surface area (TPSA) is 12.0 Å². The van der Waals surface area contributed by atoms with Crippen LogP contribution in [-0.2, 0) is 0 Å². The third-order valence-corrected chi connectivity index (χ3v) is 6.88. The molecule has 0 aromatic rings. The molecule has 0 radical (unpaired) electrons. The summed E-state index contributed by atoms with van der Waals surface area (Å²) in [5.41, 5.74) is 0. The van der Waals surface area contributed by atoms with E-state index in [1.54, 1.807) is 0 Å². The summed E-state index contributed by atoms with van der Waals surface area (Å²) in [5.74, 6) is 0. The lowest BCUT2D eigenvalue weighted by atomic mass is 10.0. The third kappa shape index (κ3) is 18.4. The van der Waals surface area contributed by atoms with E-state index in [0.29, 0.717) is 0 Å². The first-order valence-corrected chi connectivity index (χ1v) is 11.8. The van der Waals surface area contributed by atoms with Gasteiger partial charge in [-0.25, -0.2) is 0 Å². The second-order valence-corrected chi connectivity index (χ2v) is 10.1. The Bertz CT molecular complexity index is 138.